The third-order valence-electron chi connectivity index (χ3n) is 3.06. The average Bonchev–Trinajstić information content (AvgIpc) is 2.82. The lowest BCUT2D eigenvalue weighted by Gasteiger charge is -2.22. The van der Waals surface area contributed by atoms with Crippen LogP contribution in [-0.2, 0) is 11.3 Å². The second-order valence-electron chi connectivity index (χ2n) is 5.00. The topological polar surface area (TPSA) is 64.0 Å². The van der Waals surface area contributed by atoms with Crippen LogP contribution in [0.5, 0.6) is 0 Å². The van der Waals surface area contributed by atoms with Crippen LogP contribution in [0, 0.1) is 11.7 Å². The van der Waals surface area contributed by atoms with Gasteiger partial charge in [0.1, 0.15) is 17.9 Å². The zero-order valence-electron chi connectivity index (χ0n) is 11.7. The molecule has 1 aromatic carbocycles. The quantitative estimate of drug-likeness (QED) is 0.918. The van der Waals surface area contributed by atoms with Crippen LogP contribution in [0.25, 0.3) is 0 Å². The molecule has 112 valence electrons. The largest absolute Gasteiger partial charge is 0.347 e. The van der Waals surface area contributed by atoms with Crippen molar-refractivity contribution in [3.8, 4) is 0 Å². The zero-order valence-corrected chi connectivity index (χ0v) is 12.6. The van der Waals surface area contributed by atoms with E-state index in [1.165, 1.54) is 17.6 Å². The lowest BCUT2D eigenvalue weighted by molar-refractivity contribution is -0.123. The summed E-state index contributed by atoms with van der Waals surface area (Å²) in [6.07, 6.45) is 0. The standard InChI is InChI=1S/C14H16FN3O2S/c1-9(2)13(10-3-5-11(15)6-4-10)17-12(19)7-18-14(20)21-8-16-18/h3-6,8-9,13H,7H2,1-2H3,(H,17,19). The van der Waals surface area contributed by atoms with Gasteiger partial charge in [-0.2, -0.15) is 5.10 Å². The molecule has 2 aromatic rings. The second kappa shape index (κ2) is 6.62. The van der Waals surface area contributed by atoms with Gasteiger partial charge in [0.25, 0.3) is 0 Å². The maximum atomic E-state index is 13.0. The summed E-state index contributed by atoms with van der Waals surface area (Å²) in [5.74, 6) is -0.487. The van der Waals surface area contributed by atoms with Crippen molar-refractivity contribution in [1.29, 1.82) is 0 Å². The molecule has 0 aliphatic rings. The molecule has 1 atom stereocenters. The number of hydrogen-bond donors (Lipinski definition) is 1. The molecule has 1 N–H and O–H groups in total. The van der Waals surface area contributed by atoms with E-state index in [1.807, 2.05) is 13.8 Å². The molecule has 0 aliphatic heterocycles. The van der Waals surface area contributed by atoms with Gasteiger partial charge in [-0.05, 0) is 23.6 Å². The Morgan fingerprint density at radius 2 is 2.05 bits per heavy atom. The van der Waals surface area contributed by atoms with Crippen molar-refractivity contribution in [2.45, 2.75) is 26.4 Å². The molecule has 1 heterocycles. The average molecular weight is 309 g/mol. The summed E-state index contributed by atoms with van der Waals surface area (Å²) in [6.45, 7) is 3.80. The number of benzene rings is 1. The summed E-state index contributed by atoms with van der Waals surface area (Å²) < 4.78 is 14.1. The first-order valence-electron chi connectivity index (χ1n) is 6.53. The minimum Gasteiger partial charge on any atom is -0.347 e. The summed E-state index contributed by atoms with van der Waals surface area (Å²) >= 11 is 0.944. The number of nitrogens with zero attached hydrogens (tertiary/aromatic N) is 2. The highest BCUT2D eigenvalue weighted by molar-refractivity contribution is 7.06. The minimum atomic E-state index is -0.318. The van der Waals surface area contributed by atoms with E-state index >= 15 is 0 Å². The Morgan fingerprint density at radius 1 is 1.38 bits per heavy atom. The summed E-state index contributed by atoms with van der Waals surface area (Å²) in [4.78, 5) is 23.1. The predicted molar refractivity (Wildman–Crippen MR) is 78.5 cm³/mol. The first-order chi connectivity index (χ1) is 9.97. The smallest absolute Gasteiger partial charge is 0.325 e. The van der Waals surface area contributed by atoms with E-state index in [4.69, 9.17) is 0 Å². The Labute approximate surface area is 125 Å². The number of halogens is 1. The maximum absolute atomic E-state index is 13.0. The van der Waals surface area contributed by atoms with Crippen molar-refractivity contribution in [1.82, 2.24) is 15.1 Å². The molecule has 0 saturated heterocycles. The zero-order chi connectivity index (χ0) is 15.4. The van der Waals surface area contributed by atoms with Gasteiger partial charge in [-0.15, -0.1) is 0 Å². The van der Waals surface area contributed by atoms with E-state index < -0.39 is 0 Å². The van der Waals surface area contributed by atoms with Gasteiger partial charge >= 0.3 is 4.87 Å². The molecule has 1 unspecified atom stereocenters. The van der Waals surface area contributed by atoms with E-state index in [0.717, 1.165) is 21.6 Å². The predicted octanol–water partition coefficient (Wildman–Crippen LogP) is 1.96. The fourth-order valence-electron chi connectivity index (χ4n) is 2.00. The fourth-order valence-corrected chi connectivity index (χ4v) is 2.48. The SMILES string of the molecule is CC(C)C(NC(=O)Cn1ncsc1=O)c1ccc(F)cc1. The molecule has 0 aliphatic carbocycles. The number of nitrogens with one attached hydrogen (secondary N) is 1. The van der Waals surface area contributed by atoms with Crippen LogP contribution in [0.2, 0.25) is 0 Å². The molecule has 0 bridgehead atoms. The summed E-state index contributed by atoms with van der Waals surface area (Å²) in [5, 5.41) is 6.67. The maximum Gasteiger partial charge on any atom is 0.325 e. The van der Waals surface area contributed by atoms with Crippen LogP contribution in [0.4, 0.5) is 4.39 Å². The summed E-state index contributed by atoms with van der Waals surface area (Å²) in [6, 6.07) is 5.78. The molecule has 21 heavy (non-hydrogen) atoms. The molecule has 0 radical (unpaired) electrons. The van der Waals surface area contributed by atoms with Crippen LogP contribution < -0.4 is 10.2 Å². The molecule has 0 saturated carbocycles. The normalized spacial score (nSPS) is 12.4. The Morgan fingerprint density at radius 3 is 2.57 bits per heavy atom. The number of carbonyl (C=O) groups is 1. The van der Waals surface area contributed by atoms with E-state index in [2.05, 4.69) is 10.4 Å². The highest BCUT2D eigenvalue weighted by atomic mass is 32.1. The Kier molecular flexibility index (Phi) is 4.85. The van der Waals surface area contributed by atoms with Gasteiger partial charge in [0, 0.05) is 0 Å². The first kappa shape index (κ1) is 15.4. The molecule has 2 rings (SSSR count). The van der Waals surface area contributed by atoms with Crippen molar-refractivity contribution in [3.63, 3.8) is 0 Å². The van der Waals surface area contributed by atoms with Crippen LogP contribution >= 0.6 is 11.3 Å². The second-order valence-corrected chi connectivity index (χ2v) is 5.80. The summed E-state index contributed by atoms with van der Waals surface area (Å²) in [5.41, 5.74) is 2.22. The monoisotopic (exact) mass is 309 g/mol. The Bertz CT molecular complexity index is 663. The molecular formula is C14H16FN3O2S. The van der Waals surface area contributed by atoms with Gasteiger partial charge in [-0.25, -0.2) is 9.07 Å². The number of hydrogen-bond acceptors (Lipinski definition) is 4. The van der Waals surface area contributed by atoms with Crippen molar-refractivity contribution in [3.05, 3.63) is 50.8 Å². The van der Waals surface area contributed by atoms with Crippen LogP contribution in [0.15, 0.2) is 34.6 Å². The van der Waals surface area contributed by atoms with Gasteiger partial charge in [0.2, 0.25) is 5.91 Å². The molecule has 1 aromatic heterocycles. The van der Waals surface area contributed by atoms with E-state index in [-0.39, 0.29) is 35.1 Å². The molecule has 0 spiro atoms. The molecule has 5 nitrogen and oxygen atoms in total. The molecular weight excluding hydrogens is 293 g/mol. The van der Waals surface area contributed by atoms with E-state index in [9.17, 15) is 14.0 Å². The third kappa shape index (κ3) is 3.98. The number of rotatable bonds is 5. The van der Waals surface area contributed by atoms with Crippen LogP contribution in [-0.4, -0.2) is 15.7 Å². The van der Waals surface area contributed by atoms with E-state index in [0.29, 0.717) is 0 Å². The van der Waals surface area contributed by atoms with Gasteiger partial charge < -0.3 is 5.32 Å². The van der Waals surface area contributed by atoms with Gasteiger partial charge in [0.05, 0.1) is 6.04 Å². The van der Waals surface area contributed by atoms with Gasteiger partial charge in [-0.1, -0.05) is 37.3 Å². The third-order valence-corrected chi connectivity index (χ3v) is 3.67. The first-order valence-corrected chi connectivity index (χ1v) is 7.41. The van der Waals surface area contributed by atoms with Crippen LogP contribution in [0.1, 0.15) is 25.5 Å². The Balaban J connectivity index is 2.09. The number of amides is 1. The van der Waals surface area contributed by atoms with Crippen molar-refractivity contribution < 1.29 is 9.18 Å². The van der Waals surface area contributed by atoms with Crippen molar-refractivity contribution >= 4 is 17.2 Å². The van der Waals surface area contributed by atoms with Gasteiger partial charge in [0.15, 0.2) is 0 Å². The fraction of sp³-hybridized carbons (Fsp3) is 0.357. The lowest BCUT2D eigenvalue weighted by atomic mass is 9.96. The lowest BCUT2D eigenvalue weighted by Crippen LogP contribution is -2.36. The molecule has 1 amide bonds. The van der Waals surface area contributed by atoms with Gasteiger partial charge in [-0.3, -0.25) is 9.59 Å². The van der Waals surface area contributed by atoms with Crippen LogP contribution in [0.3, 0.4) is 0 Å². The highest BCUT2D eigenvalue weighted by Crippen LogP contribution is 2.21. The summed E-state index contributed by atoms with van der Waals surface area (Å²) in [7, 11) is 0. The molecule has 7 heteroatoms. The number of carbonyl (C=O) groups excluding carboxylic acids is 1. The molecule has 0 fully saturated rings. The van der Waals surface area contributed by atoms with E-state index in [1.54, 1.807) is 12.1 Å². The van der Waals surface area contributed by atoms with Crippen molar-refractivity contribution in [2.75, 3.05) is 0 Å². The van der Waals surface area contributed by atoms with Crippen molar-refractivity contribution in [2.24, 2.45) is 5.92 Å². The Hall–Kier alpha value is -2.02. The minimum absolute atomic E-state index is 0.118. The number of aromatic nitrogens is 2. The highest BCUT2D eigenvalue weighted by Gasteiger charge is 2.19.